The predicted octanol–water partition coefficient (Wildman–Crippen LogP) is 2.93. The highest BCUT2D eigenvalue weighted by atomic mass is 17.3. The lowest BCUT2D eigenvalue weighted by Gasteiger charge is -2.60. The van der Waals surface area contributed by atoms with Gasteiger partial charge in [-0.3, -0.25) is 19.2 Å². The molecule has 0 unspecified atom stereocenters. The lowest BCUT2D eigenvalue weighted by molar-refractivity contribution is -0.540. The molecule has 0 aromatic heterocycles. The fraction of sp³-hybridized carbons (Fsp3) is 0.846. The van der Waals surface area contributed by atoms with Gasteiger partial charge >= 0.3 is 23.9 Å². The topological polar surface area (TPSA) is 144 Å². The summed E-state index contributed by atoms with van der Waals surface area (Å²) in [5.74, 6) is -2.66. The molecule has 0 aromatic carbocycles. The highest BCUT2D eigenvalue weighted by molar-refractivity contribution is 5.78. The SMILES string of the molecule is C[C@H]1[C@@H](OC(=O)CCC(=O)OCCOC(=O)CCC(=O)O)C[C@@H]2O[C@@]3(C)CC[C@H]4[C@H](C)CC[C@@H]1[C@@]24OO3. The average molecular weight is 527 g/mol. The minimum absolute atomic E-state index is 0.0487. The maximum Gasteiger partial charge on any atom is 0.306 e. The first kappa shape index (κ1) is 27.8. The van der Waals surface area contributed by atoms with Crippen LogP contribution in [0.25, 0.3) is 0 Å². The lowest BCUT2D eigenvalue weighted by Crippen LogP contribution is -2.69. The number of carboxylic acids is 1. The van der Waals surface area contributed by atoms with Crippen LogP contribution in [0.15, 0.2) is 0 Å². The second-order valence-corrected chi connectivity index (χ2v) is 11.0. The van der Waals surface area contributed by atoms with Crippen LogP contribution in [-0.4, -0.2) is 65.8 Å². The number of rotatable bonds is 10. The first-order valence-electron chi connectivity index (χ1n) is 13.3. The molecule has 37 heavy (non-hydrogen) atoms. The Morgan fingerprint density at radius 1 is 0.865 bits per heavy atom. The molecule has 2 aliphatic carbocycles. The Kier molecular flexibility index (Phi) is 8.45. The molecule has 208 valence electrons. The van der Waals surface area contributed by atoms with Crippen LogP contribution in [0, 0.1) is 23.7 Å². The summed E-state index contributed by atoms with van der Waals surface area (Å²) < 4.78 is 22.1. The Bertz CT molecular complexity index is 890. The van der Waals surface area contributed by atoms with Crippen LogP contribution in [0.3, 0.4) is 0 Å². The van der Waals surface area contributed by atoms with Crippen molar-refractivity contribution in [2.75, 3.05) is 13.2 Å². The standard InChI is InChI=1S/C26H38O11/c1-15-4-5-18-16(2)19(14-20-26(18)17(15)10-11-25(3,35-20)36-37-26)34-24(31)9-8-23(30)33-13-12-32-22(29)7-6-21(27)28/h15-20H,4-14H2,1-3H3,(H,27,28)/t15-,16-,17+,18+,19+,20+,25-,26-/m1/s1. The molecular weight excluding hydrogens is 488 g/mol. The van der Waals surface area contributed by atoms with Crippen molar-refractivity contribution in [2.45, 2.75) is 102 Å². The number of carbonyl (C=O) groups excluding carboxylic acids is 3. The Morgan fingerprint density at radius 3 is 2.19 bits per heavy atom. The first-order chi connectivity index (χ1) is 17.5. The quantitative estimate of drug-likeness (QED) is 0.194. The molecule has 0 amide bonds. The van der Waals surface area contributed by atoms with Crippen molar-refractivity contribution in [1.29, 1.82) is 0 Å². The largest absolute Gasteiger partial charge is 0.481 e. The Balaban J connectivity index is 1.25. The summed E-state index contributed by atoms with van der Waals surface area (Å²) in [6.07, 6.45) is 2.83. The summed E-state index contributed by atoms with van der Waals surface area (Å²) in [5.41, 5.74) is -0.531. The normalized spacial score (nSPS) is 38.1. The minimum Gasteiger partial charge on any atom is -0.481 e. The van der Waals surface area contributed by atoms with Crippen LogP contribution in [0.1, 0.15) is 78.6 Å². The van der Waals surface area contributed by atoms with E-state index in [1.165, 1.54) is 0 Å². The van der Waals surface area contributed by atoms with Crippen molar-refractivity contribution in [3.63, 3.8) is 0 Å². The second kappa shape index (κ2) is 11.2. The minimum atomic E-state index is -1.10. The van der Waals surface area contributed by atoms with E-state index in [0.717, 1.165) is 25.7 Å². The number of hydrogen-bond donors (Lipinski definition) is 1. The van der Waals surface area contributed by atoms with Gasteiger partial charge < -0.3 is 24.1 Å². The van der Waals surface area contributed by atoms with E-state index in [9.17, 15) is 19.2 Å². The smallest absolute Gasteiger partial charge is 0.306 e. The molecule has 0 aromatic rings. The van der Waals surface area contributed by atoms with Crippen molar-refractivity contribution in [2.24, 2.45) is 23.7 Å². The van der Waals surface area contributed by atoms with E-state index in [1.54, 1.807) is 0 Å². The molecule has 1 spiro atoms. The number of esters is 3. The number of carboxylic acid groups (broad SMARTS) is 1. The van der Waals surface area contributed by atoms with Crippen molar-refractivity contribution in [1.82, 2.24) is 0 Å². The van der Waals surface area contributed by atoms with Gasteiger partial charge in [-0.2, -0.15) is 0 Å². The second-order valence-electron chi connectivity index (χ2n) is 11.0. The highest BCUT2D eigenvalue weighted by Crippen LogP contribution is 2.61. The van der Waals surface area contributed by atoms with Crippen LogP contribution in [0.2, 0.25) is 0 Å². The molecule has 2 bridgehead atoms. The number of fused-ring (bicyclic) bond motifs is 2. The zero-order chi connectivity index (χ0) is 26.8. The Hall–Kier alpha value is -2.24. The van der Waals surface area contributed by atoms with Gasteiger partial charge in [0, 0.05) is 18.8 Å². The maximum absolute atomic E-state index is 12.6. The fourth-order valence-electron chi connectivity index (χ4n) is 6.69. The Labute approximate surface area is 216 Å². The van der Waals surface area contributed by atoms with Gasteiger partial charge in [0.05, 0.1) is 31.8 Å². The summed E-state index contributed by atoms with van der Waals surface area (Å²) in [7, 11) is 0. The van der Waals surface area contributed by atoms with Crippen LogP contribution in [0.4, 0.5) is 0 Å². The van der Waals surface area contributed by atoms with Gasteiger partial charge in [0.25, 0.3) is 0 Å². The van der Waals surface area contributed by atoms with E-state index < -0.39 is 35.3 Å². The Morgan fingerprint density at radius 2 is 1.51 bits per heavy atom. The third kappa shape index (κ3) is 5.93. The molecular formula is C26H38O11. The molecule has 3 saturated heterocycles. The third-order valence-electron chi connectivity index (χ3n) is 8.58. The van der Waals surface area contributed by atoms with Gasteiger partial charge in [-0.1, -0.05) is 13.8 Å². The van der Waals surface area contributed by atoms with E-state index in [0.29, 0.717) is 18.3 Å². The summed E-state index contributed by atoms with van der Waals surface area (Å²) in [6.45, 7) is 5.92. The summed E-state index contributed by atoms with van der Waals surface area (Å²) in [6, 6.07) is 0. The van der Waals surface area contributed by atoms with Gasteiger partial charge in [0.15, 0.2) is 5.79 Å². The van der Waals surface area contributed by atoms with E-state index in [-0.39, 0.29) is 62.9 Å². The van der Waals surface area contributed by atoms with Crippen LogP contribution in [0.5, 0.6) is 0 Å². The van der Waals surface area contributed by atoms with Gasteiger partial charge in [-0.05, 0) is 43.9 Å². The highest BCUT2D eigenvalue weighted by Gasteiger charge is 2.68. The molecule has 1 N–H and O–H groups in total. The van der Waals surface area contributed by atoms with Gasteiger partial charge in [0.2, 0.25) is 0 Å². The van der Waals surface area contributed by atoms with Crippen molar-refractivity contribution >= 4 is 23.9 Å². The lowest BCUT2D eigenvalue weighted by atomic mass is 9.53. The number of hydrogen-bond acceptors (Lipinski definition) is 10. The van der Waals surface area contributed by atoms with E-state index in [4.69, 9.17) is 33.8 Å². The molecule has 3 heterocycles. The fourth-order valence-corrected chi connectivity index (χ4v) is 6.69. The van der Waals surface area contributed by atoms with Gasteiger partial charge in [0.1, 0.15) is 24.9 Å². The predicted molar refractivity (Wildman–Crippen MR) is 124 cm³/mol. The van der Waals surface area contributed by atoms with E-state index in [1.807, 2.05) is 6.92 Å². The number of ether oxygens (including phenoxy) is 4. The van der Waals surface area contributed by atoms with Crippen LogP contribution < -0.4 is 0 Å². The van der Waals surface area contributed by atoms with E-state index >= 15 is 0 Å². The molecule has 5 fully saturated rings. The van der Waals surface area contributed by atoms with Crippen LogP contribution in [-0.2, 0) is 47.9 Å². The summed E-state index contributed by atoms with van der Waals surface area (Å²) in [5, 5.41) is 8.54. The number of carbonyl (C=O) groups is 4. The van der Waals surface area contributed by atoms with Crippen molar-refractivity contribution < 1.29 is 53.0 Å². The zero-order valence-electron chi connectivity index (χ0n) is 21.8. The first-order valence-corrected chi connectivity index (χ1v) is 13.3. The average Bonchev–Trinajstić information content (AvgIpc) is 3.08. The molecule has 3 aliphatic heterocycles. The summed E-state index contributed by atoms with van der Waals surface area (Å²) in [4.78, 5) is 58.5. The molecule has 11 nitrogen and oxygen atoms in total. The maximum atomic E-state index is 12.6. The van der Waals surface area contributed by atoms with Gasteiger partial charge in [-0.15, -0.1) is 0 Å². The molecule has 8 atom stereocenters. The van der Waals surface area contributed by atoms with Gasteiger partial charge in [-0.25, -0.2) is 9.78 Å². The van der Waals surface area contributed by atoms with E-state index in [2.05, 4.69) is 13.8 Å². The molecule has 5 rings (SSSR count). The third-order valence-corrected chi connectivity index (χ3v) is 8.58. The molecule has 11 heteroatoms. The van der Waals surface area contributed by atoms with Crippen molar-refractivity contribution in [3.05, 3.63) is 0 Å². The molecule has 2 saturated carbocycles. The monoisotopic (exact) mass is 526 g/mol. The molecule has 0 radical (unpaired) electrons. The van der Waals surface area contributed by atoms with Crippen LogP contribution >= 0.6 is 0 Å². The zero-order valence-corrected chi connectivity index (χ0v) is 21.8. The number of aliphatic carboxylic acids is 1. The summed E-state index contributed by atoms with van der Waals surface area (Å²) >= 11 is 0. The molecule has 5 aliphatic rings. The van der Waals surface area contributed by atoms with Crippen molar-refractivity contribution in [3.8, 4) is 0 Å².